The van der Waals surface area contributed by atoms with Crippen LogP contribution < -0.4 is 10.6 Å². The summed E-state index contributed by atoms with van der Waals surface area (Å²) in [5.74, 6) is -0.164. The SMILES string of the molecule is CC(C)(C)OC(=O)NCCC(=O)Nc1ccc(Br)cc1. The van der Waals surface area contributed by atoms with Gasteiger partial charge in [0.2, 0.25) is 5.91 Å². The Morgan fingerprint density at radius 2 is 1.80 bits per heavy atom. The summed E-state index contributed by atoms with van der Waals surface area (Å²) in [5, 5.41) is 5.27. The molecule has 0 radical (unpaired) electrons. The molecule has 110 valence electrons. The molecule has 5 nitrogen and oxygen atoms in total. The van der Waals surface area contributed by atoms with Crippen LogP contribution in [0.1, 0.15) is 27.2 Å². The molecule has 0 aromatic heterocycles. The van der Waals surface area contributed by atoms with Gasteiger partial charge >= 0.3 is 6.09 Å². The monoisotopic (exact) mass is 342 g/mol. The van der Waals surface area contributed by atoms with Crippen molar-refractivity contribution in [3.8, 4) is 0 Å². The molecule has 0 saturated heterocycles. The summed E-state index contributed by atoms with van der Waals surface area (Å²) in [4.78, 5) is 23.0. The smallest absolute Gasteiger partial charge is 0.407 e. The van der Waals surface area contributed by atoms with Gasteiger partial charge in [0.1, 0.15) is 5.60 Å². The van der Waals surface area contributed by atoms with Gasteiger partial charge in [-0.3, -0.25) is 4.79 Å². The molecule has 6 heteroatoms. The Labute approximate surface area is 127 Å². The maximum absolute atomic E-state index is 11.6. The summed E-state index contributed by atoms with van der Waals surface area (Å²) >= 11 is 3.32. The van der Waals surface area contributed by atoms with Gasteiger partial charge in [-0.25, -0.2) is 4.79 Å². The highest BCUT2D eigenvalue weighted by Crippen LogP contribution is 2.14. The van der Waals surface area contributed by atoms with Crippen LogP contribution in [-0.2, 0) is 9.53 Å². The number of hydrogen-bond acceptors (Lipinski definition) is 3. The van der Waals surface area contributed by atoms with Crippen LogP contribution in [-0.4, -0.2) is 24.1 Å². The number of halogens is 1. The molecule has 20 heavy (non-hydrogen) atoms. The molecule has 0 atom stereocenters. The van der Waals surface area contributed by atoms with Crippen molar-refractivity contribution >= 4 is 33.6 Å². The summed E-state index contributed by atoms with van der Waals surface area (Å²) < 4.78 is 6.01. The quantitative estimate of drug-likeness (QED) is 0.881. The normalized spacial score (nSPS) is 10.8. The first kappa shape index (κ1) is 16.5. The standard InChI is InChI=1S/C14H19BrN2O3/c1-14(2,3)20-13(19)16-9-8-12(18)17-11-6-4-10(15)5-7-11/h4-7H,8-9H2,1-3H3,(H,16,19)(H,17,18). The Kier molecular flexibility index (Phi) is 6.01. The minimum absolute atomic E-state index is 0.164. The zero-order valence-corrected chi connectivity index (χ0v) is 13.4. The number of carbonyl (C=O) groups is 2. The van der Waals surface area contributed by atoms with Crippen LogP contribution in [0.2, 0.25) is 0 Å². The predicted molar refractivity (Wildman–Crippen MR) is 81.6 cm³/mol. The minimum atomic E-state index is -0.538. The number of rotatable bonds is 4. The lowest BCUT2D eigenvalue weighted by Crippen LogP contribution is -2.34. The van der Waals surface area contributed by atoms with Crippen LogP contribution in [0.15, 0.2) is 28.7 Å². The molecule has 0 spiro atoms. The lowest BCUT2D eigenvalue weighted by molar-refractivity contribution is -0.116. The topological polar surface area (TPSA) is 67.4 Å². The van der Waals surface area contributed by atoms with Crippen molar-refractivity contribution < 1.29 is 14.3 Å². The van der Waals surface area contributed by atoms with E-state index in [-0.39, 0.29) is 18.9 Å². The van der Waals surface area contributed by atoms with E-state index in [1.807, 2.05) is 12.1 Å². The molecule has 0 heterocycles. The van der Waals surface area contributed by atoms with Crippen molar-refractivity contribution in [2.45, 2.75) is 32.8 Å². The van der Waals surface area contributed by atoms with Crippen molar-refractivity contribution in [3.05, 3.63) is 28.7 Å². The zero-order valence-electron chi connectivity index (χ0n) is 11.8. The highest BCUT2D eigenvalue weighted by Gasteiger charge is 2.15. The lowest BCUT2D eigenvalue weighted by atomic mass is 10.2. The molecule has 0 aliphatic heterocycles. The molecule has 2 amide bonds. The largest absolute Gasteiger partial charge is 0.444 e. The Hall–Kier alpha value is -1.56. The van der Waals surface area contributed by atoms with Gasteiger partial charge in [0, 0.05) is 23.1 Å². The third-order valence-electron chi connectivity index (χ3n) is 2.15. The molecule has 1 aromatic rings. The Morgan fingerprint density at radius 1 is 1.20 bits per heavy atom. The average Bonchev–Trinajstić information content (AvgIpc) is 2.29. The second-order valence-electron chi connectivity index (χ2n) is 5.23. The number of amides is 2. The maximum Gasteiger partial charge on any atom is 0.407 e. The second-order valence-corrected chi connectivity index (χ2v) is 6.15. The van der Waals surface area contributed by atoms with Gasteiger partial charge in [0.15, 0.2) is 0 Å². The van der Waals surface area contributed by atoms with E-state index < -0.39 is 11.7 Å². The number of hydrogen-bond donors (Lipinski definition) is 2. The number of alkyl carbamates (subject to hydrolysis) is 1. The molecule has 0 aliphatic carbocycles. The van der Waals surface area contributed by atoms with Crippen LogP contribution in [0.3, 0.4) is 0 Å². The molecule has 0 saturated carbocycles. The van der Waals surface area contributed by atoms with Gasteiger partial charge in [0.05, 0.1) is 0 Å². The van der Waals surface area contributed by atoms with Crippen LogP contribution >= 0.6 is 15.9 Å². The Bertz CT molecular complexity index is 466. The van der Waals surface area contributed by atoms with Gasteiger partial charge in [-0.15, -0.1) is 0 Å². The maximum atomic E-state index is 11.6. The van der Waals surface area contributed by atoms with Crippen LogP contribution in [0.25, 0.3) is 0 Å². The summed E-state index contributed by atoms with van der Waals surface area (Å²) in [6.07, 6.45) is -0.330. The van der Waals surface area contributed by atoms with E-state index in [0.717, 1.165) is 10.2 Å². The highest BCUT2D eigenvalue weighted by molar-refractivity contribution is 9.10. The molecule has 1 aromatic carbocycles. The van der Waals surface area contributed by atoms with E-state index >= 15 is 0 Å². The third-order valence-corrected chi connectivity index (χ3v) is 2.68. The summed E-state index contributed by atoms with van der Waals surface area (Å²) in [5.41, 5.74) is 0.180. The van der Waals surface area contributed by atoms with Crippen LogP contribution in [0, 0.1) is 0 Å². The van der Waals surface area contributed by atoms with Gasteiger partial charge in [0.25, 0.3) is 0 Å². The molecule has 1 rings (SSSR count). The Morgan fingerprint density at radius 3 is 2.35 bits per heavy atom. The van der Waals surface area contributed by atoms with Crippen LogP contribution in [0.4, 0.5) is 10.5 Å². The van der Waals surface area contributed by atoms with E-state index in [2.05, 4.69) is 26.6 Å². The van der Waals surface area contributed by atoms with E-state index in [4.69, 9.17) is 4.74 Å². The number of anilines is 1. The summed E-state index contributed by atoms with van der Waals surface area (Å²) in [6, 6.07) is 7.27. The van der Waals surface area contributed by atoms with Crippen molar-refractivity contribution in [1.29, 1.82) is 0 Å². The number of ether oxygens (including phenoxy) is 1. The number of nitrogens with one attached hydrogen (secondary N) is 2. The van der Waals surface area contributed by atoms with E-state index in [1.54, 1.807) is 32.9 Å². The van der Waals surface area contributed by atoms with Gasteiger partial charge in [-0.05, 0) is 45.0 Å². The van der Waals surface area contributed by atoms with Crippen molar-refractivity contribution in [1.82, 2.24) is 5.32 Å². The first-order valence-corrected chi connectivity index (χ1v) is 7.08. The molecular weight excluding hydrogens is 324 g/mol. The third kappa shape index (κ3) is 7.13. The highest BCUT2D eigenvalue weighted by atomic mass is 79.9. The van der Waals surface area contributed by atoms with E-state index in [0.29, 0.717) is 0 Å². The van der Waals surface area contributed by atoms with Gasteiger partial charge < -0.3 is 15.4 Å². The summed E-state index contributed by atoms with van der Waals surface area (Å²) in [6.45, 7) is 5.59. The molecular formula is C14H19BrN2O3. The molecule has 0 aliphatic rings. The summed E-state index contributed by atoms with van der Waals surface area (Å²) in [7, 11) is 0. The van der Waals surface area contributed by atoms with Gasteiger partial charge in [-0.1, -0.05) is 15.9 Å². The Balaban J connectivity index is 2.27. The average molecular weight is 343 g/mol. The fourth-order valence-electron chi connectivity index (χ4n) is 1.35. The fraction of sp³-hybridized carbons (Fsp3) is 0.429. The number of benzene rings is 1. The first-order valence-electron chi connectivity index (χ1n) is 6.28. The molecule has 0 bridgehead atoms. The fourth-order valence-corrected chi connectivity index (χ4v) is 1.61. The van der Waals surface area contributed by atoms with Gasteiger partial charge in [-0.2, -0.15) is 0 Å². The van der Waals surface area contributed by atoms with Crippen molar-refractivity contribution in [2.75, 3.05) is 11.9 Å². The zero-order chi connectivity index (χ0) is 15.2. The number of carbonyl (C=O) groups excluding carboxylic acids is 2. The molecule has 0 fully saturated rings. The minimum Gasteiger partial charge on any atom is -0.444 e. The molecule has 0 unspecified atom stereocenters. The first-order chi connectivity index (χ1) is 9.26. The van der Waals surface area contributed by atoms with E-state index in [9.17, 15) is 9.59 Å². The van der Waals surface area contributed by atoms with Crippen molar-refractivity contribution in [3.63, 3.8) is 0 Å². The lowest BCUT2D eigenvalue weighted by Gasteiger charge is -2.19. The van der Waals surface area contributed by atoms with Crippen LogP contribution in [0.5, 0.6) is 0 Å². The van der Waals surface area contributed by atoms with Crippen molar-refractivity contribution in [2.24, 2.45) is 0 Å². The second kappa shape index (κ2) is 7.28. The predicted octanol–water partition coefficient (Wildman–Crippen LogP) is 3.30. The molecule has 2 N–H and O–H groups in total. The van der Waals surface area contributed by atoms with E-state index in [1.165, 1.54) is 0 Å².